The number of aryl methyl sites for hydroxylation is 2. The number of carbonyl (C=O) groups excluding carboxylic acids is 1. The van der Waals surface area contributed by atoms with Crippen LogP contribution in [0.4, 0.5) is 0 Å². The largest absolute Gasteiger partial charge is 0.493 e. The molecule has 1 saturated heterocycles. The minimum Gasteiger partial charge on any atom is -0.493 e. The maximum Gasteiger partial charge on any atom is 0.333 e. The summed E-state index contributed by atoms with van der Waals surface area (Å²) >= 11 is 0. The number of unbranched alkanes of at least 4 members (excludes halogenated alkanes) is 6. The van der Waals surface area contributed by atoms with E-state index in [4.69, 9.17) is 4.99 Å². The number of imidazole rings is 1. The van der Waals surface area contributed by atoms with Crippen molar-refractivity contribution in [3.05, 3.63) is 50.9 Å². The predicted octanol–water partition coefficient (Wildman–Crippen LogP) is 4.29. The lowest BCUT2D eigenvalue weighted by Gasteiger charge is -2.34. The van der Waals surface area contributed by atoms with E-state index < -0.39 is 21.3 Å². The van der Waals surface area contributed by atoms with Gasteiger partial charge in [-0.2, -0.15) is 4.31 Å². The van der Waals surface area contributed by atoms with E-state index in [9.17, 15) is 23.1 Å². The van der Waals surface area contributed by atoms with Gasteiger partial charge in [-0.1, -0.05) is 45.4 Å². The minimum absolute atomic E-state index is 0.114. The van der Waals surface area contributed by atoms with Crippen molar-refractivity contribution in [3.8, 4) is 11.6 Å². The van der Waals surface area contributed by atoms with Crippen LogP contribution in [0.3, 0.4) is 0 Å². The molecule has 10 nitrogen and oxygen atoms in total. The Morgan fingerprint density at radius 2 is 1.65 bits per heavy atom. The van der Waals surface area contributed by atoms with Gasteiger partial charge in [0.2, 0.25) is 15.9 Å². The summed E-state index contributed by atoms with van der Waals surface area (Å²) in [5, 5.41) is 14.1. The van der Waals surface area contributed by atoms with Gasteiger partial charge in [0.25, 0.3) is 5.91 Å². The number of aromatic hydroxyl groups is 1. The molecule has 0 saturated carbocycles. The number of aromatic amines is 1. The van der Waals surface area contributed by atoms with Crippen molar-refractivity contribution in [2.24, 2.45) is 4.99 Å². The van der Waals surface area contributed by atoms with Crippen molar-refractivity contribution >= 4 is 27.8 Å². The minimum atomic E-state index is -3.71. The smallest absolute Gasteiger partial charge is 0.333 e. The van der Waals surface area contributed by atoms with Gasteiger partial charge in [-0.15, -0.1) is 0 Å². The number of nitrogens with zero attached hydrogens (tertiary/aromatic N) is 3. The number of sulfonamides is 1. The Hall–Kier alpha value is -3.18. The number of amides is 1. The molecule has 11 heteroatoms. The molecule has 4 rings (SSSR count). The summed E-state index contributed by atoms with van der Waals surface area (Å²) in [7, 11) is -3.71. The highest BCUT2D eigenvalue weighted by molar-refractivity contribution is 7.92. The molecule has 0 unspecified atom stereocenters. The molecule has 1 amide bonds. The van der Waals surface area contributed by atoms with Crippen LogP contribution in [0.15, 0.2) is 33.5 Å². The number of aromatic nitrogens is 2. The molecule has 0 radical (unpaired) electrons. The molecule has 2 aliphatic heterocycles. The first-order valence-electron chi connectivity index (χ1n) is 14.3. The summed E-state index contributed by atoms with van der Waals surface area (Å²) < 4.78 is 28.9. The summed E-state index contributed by atoms with van der Waals surface area (Å²) in [6.45, 7) is 6.30. The van der Waals surface area contributed by atoms with Crippen molar-refractivity contribution in [2.45, 2.75) is 90.5 Å². The normalized spacial score (nSPS) is 17.6. The van der Waals surface area contributed by atoms with Gasteiger partial charge in [-0.3, -0.25) is 9.79 Å². The zero-order valence-corrected chi connectivity index (χ0v) is 24.5. The summed E-state index contributed by atoms with van der Waals surface area (Å²) in [4.78, 5) is 32.0. The summed E-state index contributed by atoms with van der Waals surface area (Å²) in [5.74, 6) is 0.416. The first kappa shape index (κ1) is 29.8. The summed E-state index contributed by atoms with van der Waals surface area (Å²) in [5.41, 5.74) is 1.40. The van der Waals surface area contributed by atoms with Gasteiger partial charge in [-0.05, 0) is 68.0 Å². The van der Waals surface area contributed by atoms with Crippen molar-refractivity contribution in [2.75, 3.05) is 13.1 Å². The number of nitrogens with one attached hydrogen (secondary N) is 2. The molecular weight excluding hydrogens is 530 g/mol. The number of rotatable bonds is 12. The number of benzene rings is 1. The van der Waals surface area contributed by atoms with E-state index in [1.165, 1.54) is 48.0 Å². The van der Waals surface area contributed by atoms with Crippen LogP contribution in [0.25, 0.3) is 11.8 Å². The third-order valence-corrected chi connectivity index (χ3v) is 9.52. The Bertz CT molecular complexity index is 1420. The SMILES string of the molecule is CCCCCCCCCC1=NC2(CCN(S(=O)(=O)C=Cc3c(C)cc(-n4c(O)c[nH]c4=O)cc3C)CC2)C(=O)N1. The third kappa shape index (κ3) is 6.58. The molecule has 1 fully saturated rings. The fourth-order valence-corrected chi connectivity index (χ4v) is 6.77. The standard InChI is InChI=1S/C29H41N5O5S/c1-4-5-6-7-8-9-10-11-25-31-27(36)29(32-25)13-15-33(16-14-29)40(38,39)17-12-24-21(2)18-23(19-22(24)3)34-26(35)20-30-28(34)37/h12,17-20,35H,4-11,13-16H2,1-3H3,(H,30,37)(H,31,32,36). The van der Waals surface area contributed by atoms with Crippen LogP contribution in [0.5, 0.6) is 5.88 Å². The number of hydrogen-bond donors (Lipinski definition) is 3. The first-order chi connectivity index (χ1) is 19.1. The quantitative estimate of drug-likeness (QED) is 0.327. The van der Waals surface area contributed by atoms with Crippen LogP contribution in [-0.4, -0.2) is 57.8 Å². The molecule has 0 bridgehead atoms. The second-order valence-corrected chi connectivity index (χ2v) is 12.8. The van der Waals surface area contributed by atoms with Gasteiger partial charge in [0, 0.05) is 24.9 Å². The molecule has 1 aromatic heterocycles. The summed E-state index contributed by atoms with van der Waals surface area (Å²) in [6.07, 6.45) is 12.6. The Labute approximate surface area is 236 Å². The van der Waals surface area contributed by atoms with E-state index >= 15 is 0 Å². The molecule has 0 aliphatic carbocycles. The fraction of sp³-hybridized carbons (Fsp3) is 0.552. The van der Waals surface area contributed by atoms with Crippen LogP contribution in [0.1, 0.15) is 87.8 Å². The lowest BCUT2D eigenvalue weighted by molar-refractivity contribution is -0.124. The lowest BCUT2D eigenvalue weighted by atomic mass is 9.89. The predicted molar refractivity (Wildman–Crippen MR) is 157 cm³/mol. The zero-order chi connectivity index (χ0) is 28.9. The molecular formula is C29H41N5O5S. The average Bonchev–Trinajstić information content (AvgIpc) is 3.40. The molecule has 218 valence electrons. The molecule has 40 heavy (non-hydrogen) atoms. The zero-order valence-electron chi connectivity index (χ0n) is 23.7. The van der Waals surface area contributed by atoms with E-state index in [2.05, 4.69) is 17.2 Å². The number of H-pyrrole nitrogens is 1. The lowest BCUT2D eigenvalue weighted by Crippen LogP contribution is -2.50. The van der Waals surface area contributed by atoms with Gasteiger partial charge in [0.05, 0.1) is 11.9 Å². The molecule has 1 aromatic carbocycles. The Kier molecular flexibility index (Phi) is 9.35. The Morgan fingerprint density at radius 1 is 1.02 bits per heavy atom. The van der Waals surface area contributed by atoms with Gasteiger partial charge < -0.3 is 15.4 Å². The highest BCUT2D eigenvalue weighted by atomic mass is 32.2. The van der Waals surface area contributed by atoms with Crippen molar-refractivity contribution < 1.29 is 18.3 Å². The van der Waals surface area contributed by atoms with E-state index in [0.29, 0.717) is 18.5 Å². The number of piperidine rings is 1. The van der Waals surface area contributed by atoms with Gasteiger partial charge in [0.15, 0.2) is 0 Å². The van der Waals surface area contributed by atoms with Crippen LogP contribution in [-0.2, 0) is 14.8 Å². The van der Waals surface area contributed by atoms with Crippen LogP contribution in [0, 0.1) is 13.8 Å². The number of aliphatic imine (C=N–C) groups is 1. The first-order valence-corrected chi connectivity index (χ1v) is 15.8. The molecule has 1 spiro atoms. The summed E-state index contributed by atoms with van der Waals surface area (Å²) in [6, 6.07) is 3.44. The van der Waals surface area contributed by atoms with Gasteiger partial charge in [-0.25, -0.2) is 17.8 Å². The number of carbonyl (C=O) groups is 1. The van der Waals surface area contributed by atoms with Crippen molar-refractivity contribution in [1.82, 2.24) is 19.2 Å². The van der Waals surface area contributed by atoms with Crippen LogP contribution >= 0.6 is 0 Å². The number of hydrogen-bond acceptors (Lipinski definition) is 6. The highest BCUT2D eigenvalue weighted by Crippen LogP contribution is 2.32. The van der Waals surface area contributed by atoms with Crippen molar-refractivity contribution in [3.63, 3.8) is 0 Å². The third-order valence-electron chi connectivity index (χ3n) is 7.96. The molecule has 3 heterocycles. The Balaban J connectivity index is 1.36. The second-order valence-electron chi connectivity index (χ2n) is 10.9. The van der Waals surface area contributed by atoms with E-state index in [-0.39, 0.29) is 24.9 Å². The monoisotopic (exact) mass is 571 g/mol. The molecule has 3 N–H and O–H groups in total. The van der Waals surface area contributed by atoms with E-state index in [1.807, 2.05) is 13.8 Å². The maximum absolute atomic E-state index is 13.2. The van der Waals surface area contributed by atoms with Gasteiger partial charge in [0.1, 0.15) is 11.4 Å². The molecule has 0 atom stereocenters. The highest BCUT2D eigenvalue weighted by Gasteiger charge is 2.46. The van der Waals surface area contributed by atoms with E-state index in [0.717, 1.165) is 46.4 Å². The second kappa shape index (κ2) is 12.6. The van der Waals surface area contributed by atoms with Crippen LogP contribution in [0.2, 0.25) is 0 Å². The molecule has 2 aromatic rings. The maximum atomic E-state index is 13.2. The topological polar surface area (TPSA) is 137 Å². The fourth-order valence-electron chi connectivity index (χ4n) is 5.59. The number of amidine groups is 1. The average molecular weight is 572 g/mol. The molecule has 2 aliphatic rings. The Morgan fingerprint density at radius 3 is 2.25 bits per heavy atom. The van der Waals surface area contributed by atoms with E-state index in [1.54, 1.807) is 18.2 Å². The van der Waals surface area contributed by atoms with Crippen molar-refractivity contribution in [1.29, 1.82) is 0 Å². The van der Waals surface area contributed by atoms with Gasteiger partial charge >= 0.3 is 5.69 Å². The van der Waals surface area contributed by atoms with Crippen LogP contribution < -0.4 is 11.0 Å².